The molecule has 0 saturated heterocycles. The molecule has 0 aliphatic carbocycles. The molecule has 212 valence electrons. The molecule has 41 heavy (non-hydrogen) atoms. The van der Waals surface area contributed by atoms with Crippen LogP contribution in [-0.2, 0) is 16.5 Å². The van der Waals surface area contributed by atoms with Crippen LogP contribution in [0.15, 0.2) is 41.6 Å². The number of rotatable bonds is 4. The highest BCUT2D eigenvalue weighted by Gasteiger charge is 2.26. The standard InChI is InChI=1S/C29H27F2N5O5/c1-7-40-27(38)18-13-35(5)26-17(24(18)37)9-15(12-33-26)14-8-16-21-22(31)19(30)10-20(23(21)34-25(16)32-11-14)36(6)28(39)41-29(2,3)4/h8-13H,7H2,1-6H3,(H,32,34). The molecule has 0 unspecified atom stereocenters. The second kappa shape index (κ2) is 9.95. The van der Waals surface area contributed by atoms with Gasteiger partial charge in [0, 0.05) is 60.7 Å². The number of esters is 1. The molecule has 0 atom stereocenters. The van der Waals surface area contributed by atoms with Gasteiger partial charge in [-0.1, -0.05) is 0 Å². The first-order chi connectivity index (χ1) is 19.3. The van der Waals surface area contributed by atoms with Crippen molar-refractivity contribution in [2.24, 2.45) is 7.05 Å². The molecule has 0 aliphatic rings. The zero-order chi connectivity index (χ0) is 29.8. The van der Waals surface area contributed by atoms with E-state index in [1.165, 1.54) is 25.6 Å². The van der Waals surface area contributed by atoms with Gasteiger partial charge in [0.25, 0.3) is 0 Å². The predicted octanol–water partition coefficient (Wildman–Crippen LogP) is 5.46. The number of pyridine rings is 3. The number of aryl methyl sites for hydroxylation is 1. The van der Waals surface area contributed by atoms with E-state index in [0.29, 0.717) is 16.8 Å². The number of hydrogen-bond donors (Lipinski definition) is 1. The third-order valence-electron chi connectivity index (χ3n) is 6.47. The summed E-state index contributed by atoms with van der Waals surface area (Å²) in [5.74, 6) is -3.01. The van der Waals surface area contributed by atoms with Gasteiger partial charge < -0.3 is 19.0 Å². The van der Waals surface area contributed by atoms with Crippen LogP contribution in [0.2, 0.25) is 0 Å². The lowest BCUT2D eigenvalue weighted by Crippen LogP contribution is -2.34. The summed E-state index contributed by atoms with van der Waals surface area (Å²) in [5.41, 5.74) is 0.254. The summed E-state index contributed by atoms with van der Waals surface area (Å²) in [5, 5.41) is 0.323. The number of aromatic amines is 1. The Balaban J connectivity index is 1.67. The Morgan fingerprint density at radius 2 is 1.73 bits per heavy atom. The number of benzene rings is 1. The van der Waals surface area contributed by atoms with E-state index in [4.69, 9.17) is 9.47 Å². The van der Waals surface area contributed by atoms with Crippen LogP contribution in [-0.4, -0.2) is 50.8 Å². The zero-order valence-corrected chi connectivity index (χ0v) is 23.3. The van der Waals surface area contributed by atoms with Gasteiger partial charge in [-0.05, 0) is 39.8 Å². The van der Waals surface area contributed by atoms with Crippen molar-refractivity contribution in [2.45, 2.75) is 33.3 Å². The Hall–Kier alpha value is -4.87. The van der Waals surface area contributed by atoms with Crippen LogP contribution in [0.3, 0.4) is 0 Å². The molecular weight excluding hydrogens is 536 g/mol. The molecule has 0 radical (unpaired) electrons. The summed E-state index contributed by atoms with van der Waals surface area (Å²) in [4.78, 5) is 51.1. The minimum atomic E-state index is -1.16. The van der Waals surface area contributed by atoms with Crippen molar-refractivity contribution in [1.29, 1.82) is 0 Å². The quantitative estimate of drug-likeness (QED) is 0.289. The molecule has 1 N–H and O–H groups in total. The second-order valence-corrected chi connectivity index (χ2v) is 10.5. The highest BCUT2D eigenvalue weighted by Crippen LogP contribution is 2.37. The lowest BCUT2D eigenvalue weighted by Gasteiger charge is -2.25. The third kappa shape index (κ3) is 4.85. The summed E-state index contributed by atoms with van der Waals surface area (Å²) < 4.78 is 42.0. The van der Waals surface area contributed by atoms with E-state index in [-0.39, 0.29) is 45.2 Å². The van der Waals surface area contributed by atoms with E-state index in [1.807, 2.05) is 0 Å². The predicted molar refractivity (Wildman–Crippen MR) is 150 cm³/mol. The fourth-order valence-electron chi connectivity index (χ4n) is 4.59. The van der Waals surface area contributed by atoms with Crippen LogP contribution in [0.5, 0.6) is 0 Å². The Labute approximate surface area is 232 Å². The van der Waals surface area contributed by atoms with Crippen molar-refractivity contribution in [3.8, 4) is 11.1 Å². The highest BCUT2D eigenvalue weighted by molar-refractivity contribution is 6.13. The fourth-order valence-corrected chi connectivity index (χ4v) is 4.59. The van der Waals surface area contributed by atoms with Crippen molar-refractivity contribution in [2.75, 3.05) is 18.6 Å². The monoisotopic (exact) mass is 563 g/mol. The van der Waals surface area contributed by atoms with Crippen LogP contribution in [0.25, 0.3) is 44.1 Å². The molecule has 0 saturated carbocycles. The number of fused-ring (bicyclic) bond motifs is 4. The molecule has 0 bridgehead atoms. The van der Waals surface area contributed by atoms with Crippen LogP contribution in [0.1, 0.15) is 38.1 Å². The van der Waals surface area contributed by atoms with Gasteiger partial charge in [0.05, 0.1) is 23.2 Å². The normalized spacial score (nSPS) is 11.8. The molecule has 10 nitrogen and oxygen atoms in total. The second-order valence-electron chi connectivity index (χ2n) is 10.5. The lowest BCUT2D eigenvalue weighted by atomic mass is 10.0. The third-order valence-corrected chi connectivity index (χ3v) is 6.47. The van der Waals surface area contributed by atoms with E-state index in [0.717, 1.165) is 11.0 Å². The van der Waals surface area contributed by atoms with E-state index >= 15 is 4.39 Å². The summed E-state index contributed by atoms with van der Waals surface area (Å²) >= 11 is 0. The number of amides is 1. The number of carbonyl (C=O) groups excluding carboxylic acids is 2. The molecule has 0 fully saturated rings. The van der Waals surface area contributed by atoms with Gasteiger partial charge in [0.2, 0.25) is 5.43 Å². The van der Waals surface area contributed by atoms with Gasteiger partial charge in [0.15, 0.2) is 11.6 Å². The van der Waals surface area contributed by atoms with Gasteiger partial charge in [-0.15, -0.1) is 0 Å². The van der Waals surface area contributed by atoms with E-state index in [9.17, 15) is 18.8 Å². The first-order valence-electron chi connectivity index (χ1n) is 12.7. The van der Waals surface area contributed by atoms with Gasteiger partial charge in [0.1, 0.15) is 22.5 Å². The average molecular weight is 564 g/mol. The van der Waals surface area contributed by atoms with Gasteiger partial charge >= 0.3 is 12.1 Å². The van der Waals surface area contributed by atoms with E-state index < -0.39 is 34.7 Å². The van der Waals surface area contributed by atoms with Crippen LogP contribution < -0.4 is 10.3 Å². The topological polar surface area (TPSA) is 119 Å². The summed E-state index contributed by atoms with van der Waals surface area (Å²) in [6.07, 6.45) is 3.63. The minimum absolute atomic E-state index is 0.0649. The Morgan fingerprint density at radius 1 is 1.07 bits per heavy atom. The summed E-state index contributed by atoms with van der Waals surface area (Å²) in [7, 11) is 3.05. The minimum Gasteiger partial charge on any atom is -0.462 e. The SMILES string of the molecule is CCOC(=O)c1cn(C)c2ncc(-c3cnc4[nH]c5c(N(C)C(=O)OC(C)(C)C)cc(F)c(F)c5c4c3)cc2c1=O. The van der Waals surface area contributed by atoms with Crippen molar-refractivity contribution in [3.05, 3.63) is 64.2 Å². The summed E-state index contributed by atoms with van der Waals surface area (Å²) in [6, 6.07) is 4.06. The largest absolute Gasteiger partial charge is 0.462 e. The maximum absolute atomic E-state index is 15.2. The zero-order valence-electron chi connectivity index (χ0n) is 23.3. The highest BCUT2D eigenvalue weighted by atomic mass is 19.2. The van der Waals surface area contributed by atoms with Crippen molar-refractivity contribution in [1.82, 2.24) is 19.5 Å². The Kier molecular flexibility index (Phi) is 6.72. The smallest absolute Gasteiger partial charge is 0.414 e. The van der Waals surface area contributed by atoms with E-state index in [1.54, 1.807) is 51.4 Å². The Morgan fingerprint density at radius 3 is 2.39 bits per heavy atom. The van der Waals surface area contributed by atoms with Crippen molar-refractivity contribution >= 4 is 50.7 Å². The fraction of sp³-hybridized carbons (Fsp3) is 0.276. The number of hydrogen-bond acceptors (Lipinski definition) is 7. The molecule has 0 spiro atoms. The molecule has 4 aromatic heterocycles. The number of H-pyrrole nitrogens is 1. The first kappa shape index (κ1) is 27.7. The molecule has 4 heterocycles. The lowest BCUT2D eigenvalue weighted by molar-refractivity contribution is 0.0522. The first-order valence-corrected chi connectivity index (χ1v) is 12.7. The number of anilines is 1. The van der Waals surface area contributed by atoms with Crippen molar-refractivity contribution < 1.29 is 27.8 Å². The van der Waals surface area contributed by atoms with Crippen LogP contribution in [0, 0.1) is 11.6 Å². The van der Waals surface area contributed by atoms with E-state index in [2.05, 4.69) is 15.0 Å². The molecule has 1 amide bonds. The molecular formula is C29H27F2N5O5. The van der Waals surface area contributed by atoms with Gasteiger partial charge in [-0.2, -0.15) is 0 Å². The van der Waals surface area contributed by atoms with Crippen LogP contribution >= 0.6 is 0 Å². The number of ether oxygens (including phenoxy) is 2. The van der Waals surface area contributed by atoms with Gasteiger partial charge in [-0.25, -0.2) is 28.3 Å². The van der Waals surface area contributed by atoms with Gasteiger partial charge in [-0.3, -0.25) is 9.69 Å². The maximum atomic E-state index is 15.2. The number of nitrogens with zero attached hydrogens (tertiary/aromatic N) is 4. The molecule has 5 rings (SSSR count). The number of nitrogens with one attached hydrogen (secondary N) is 1. The number of carbonyl (C=O) groups is 2. The summed E-state index contributed by atoms with van der Waals surface area (Å²) in [6.45, 7) is 6.85. The number of halogens is 2. The maximum Gasteiger partial charge on any atom is 0.414 e. The number of aromatic nitrogens is 4. The molecule has 5 aromatic rings. The average Bonchev–Trinajstić information content (AvgIpc) is 3.30. The van der Waals surface area contributed by atoms with Crippen LogP contribution in [0.4, 0.5) is 19.3 Å². The molecule has 12 heteroatoms. The Bertz CT molecular complexity index is 1940. The molecule has 1 aromatic carbocycles. The van der Waals surface area contributed by atoms with Crippen molar-refractivity contribution in [3.63, 3.8) is 0 Å². The molecule has 0 aliphatic heterocycles.